The van der Waals surface area contributed by atoms with E-state index >= 15 is 0 Å². The minimum atomic E-state index is -0.395. The number of carbonyl (C=O) groups is 2. The van der Waals surface area contributed by atoms with Crippen molar-refractivity contribution in [3.63, 3.8) is 0 Å². The number of aryl methyl sites for hydroxylation is 1. The van der Waals surface area contributed by atoms with Crippen LogP contribution in [0.25, 0.3) is 0 Å². The standard InChI is InChI=1S/C19H23NO4S/c1-13-11-16(14(2)20(13)9-10-23-3)17(21)12-25-18-8-6-5-7-15(18)19(22)24-4/h5-8,11H,9-10,12H2,1-4H3. The van der Waals surface area contributed by atoms with E-state index in [1.165, 1.54) is 18.9 Å². The molecular formula is C19H23NO4S. The molecule has 0 saturated carbocycles. The first-order valence-corrected chi connectivity index (χ1v) is 8.97. The monoisotopic (exact) mass is 361 g/mol. The van der Waals surface area contributed by atoms with Crippen LogP contribution in [0.4, 0.5) is 0 Å². The zero-order valence-corrected chi connectivity index (χ0v) is 15.8. The zero-order chi connectivity index (χ0) is 18.4. The van der Waals surface area contributed by atoms with Gasteiger partial charge in [0.25, 0.3) is 0 Å². The molecule has 1 heterocycles. The van der Waals surface area contributed by atoms with Gasteiger partial charge in [0, 0.05) is 35.5 Å². The van der Waals surface area contributed by atoms with Crippen LogP contribution in [0.15, 0.2) is 35.2 Å². The topological polar surface area (TPSA) is 57.5 Å². The van der Waals surface area contributed by atoms with E-state index in [4.69, 9.17) is 9.47 Å². The molecule has 0 spiro atoms. The predicted octanol–water partition coefficient (Wildman–Crippen LogP) is 3.51. The van der Waals surface area contributed by atoms with Crippen molar-refractivity contribution in [3.8, 4) is 0 Å². The summed E-state index contributed by atoms with van der Waals surface area (Å²) in [5.74, 6) is -0.0857. The van der Waals surface area contributed by atoms with Crippen LogP contribution < -0.4 is 0 Å². The van der Waals surface area contributed by atoms with Crippen molar-refractivity contribution in [2.24, 2.45) is 0 Å². The number of hydrogen-bond acceptors (Lipinski definition) is 5. The molecule has 0 aliphatic heterocycles. The molecule has 0 aliphatic rings. The van der Waals surface area contributed by atoms with E-state index < -0.39 is 5.97 Å². The Morgan fingerprint density at radius 3 is 2.52 bits per heavy atom. The molecule has 0 bridgehead atoms. The average molecular weight is 361 g/mol. The summed E-state index contributed by atoms with van der Waals surface area (Å²) in [7, 11) is 3.01. The van der Waals surface area contributed by atoms with Crippen molar-refractivity contribution in [3.05, 3.63) is 52.8 Å². The van der Waals surface area contributed by atoms with E-state index in [0.717, 1.165) is 28.4 Å². The summed E-state index contributed by atoms with van der Waals surface area (Å²) < 4.78 is 12.0. The van der Waals surface area contributed by atoms with Gasteiger partial charge in [-0.1, -0.05) is 12.1 Å². The van der Waals surface area contributed by atoms with E-state index in [1.54, 1.807) is 19.2 Å². The number of carbonyl (C=O) groups excluding carboxylic acids is 2. The predicted molar refractivity (Wildman–Crippen MR) is 98.6 cm³/mol. The van der Waals surface area contributed by atoms with Crippen LogP contribution in [0, 0.1) is 13.8 Å². The second-order valence-corrected chi connectivity index (χ2v) is 6.65. The smallest absolute Gasteiger partial charge is 0.338 e. The number of aromatic nitrogens is 1. The Labute approximate surface area is 152 Å². The Morgan fingerprint density at radius 1 is 1.12 bits per heavy atom. The number of hydrogen-bond donors (Lipinski definition) is 0. The largest absolute Gasteiger partial charge is 0.465 e. The Kier molecular flexibility index (Phi) is 6.84. The van der Waals surface area contributed by atoms with E-state index in [9.17, 15) is 9.59 Å². The van der Waals surface area contributed by atoms with Crippen molar-refractivity contribution in [2.45, 2.75) is 25.3 Å². The van der Waals surface area contributed by atoms with Crippen molar-refractivity contribution in [2.75, 3.05) is 26.6 Å². The highest BCUT2D eigenvalue weighted by atomic mass is 32.2. The second-order valence-electron chi connectivity index (χ2n) is 5.63. The molecule has 2 aromatic rings. The van der Waals surface area contributed by atoms with Gasteiger partial charge in [0.1, 0.15) is 0 Å². The second kappa shape index (κ2) is 8.87. The van der Waals surface area contributed by atoms with Crippen molar-refractivity contribution in [1.29, 1.82) is 0 Å². The quantitative estimate of drug-likeness (QED) is 0.409. The number of esters is 1. The van der Waals surface area contributed by atoms with Crippen molar-refractivity contribution < 1.29 is 19.1 Å². The fourth-order valence-electron chi connectivity index (χ4n) is 2.70. The SMILES string of the molecule is COCCn1c(C)cc(C(=O)CSc2ccccc2C(=O)OC)c1C. The van der Waals surface area contributed by atoms with Gasteiger partial charge in [0.15, 0.2) is 5.78 Å². The van der Waals surface area contributed by atoms with Crippen LogP contribution in [0.3, 0.4) is 0 Å². The van der Waals surface area contributed by atoms with Gasteiger partial charge in [-0.25, -0.2) is 4.79 Å². The van der Waals surface area contributed by atoms with Gasteiger partial charge in [-0.2, -0.15) is 0 Å². The molecule has 25 heavy (non-hydrogen) atoms. The van der Waals surface area contributed by atoms with Gasteiger partial charge in [-0.15, -0.1) is 11.8 Å². The molecule has 5 nitrogen and oxygen atoms in total. The molecule has 0 amide bonds. The van der Waals surface area contributed by atoms with E-state index in [1.807, 2.05) is 32.0 Å². The van der Waals surface area contributed by atoms with Crippen LogP contribution >= 0.6 is 11.8 Å². The third kappa shape index (κ3) is 4.52. The van der Waals surface area contributed by atoms with E-state index in [0.29, 0.717) is 12.2 Å². The van der Waals surface area contributed by atoms with Gasteiger partial charge in [-0.3, -0.25) is 4.79 Å². The number of benzene rings is 1. The lowest BCUT2D eigenvalue weighted by Crippen LogP contribution is -2.10. The highest BCUT2D eigenvalue weighted by molar-refractivity contribution is 8.00. The van der Waals surface area contributed by atoms with Gasteiger partial charge in [0.2, 0.25) is 0 Å². The molecule has 134 valence electrons. The Bertz CT molecular complexity index is 767. The van der Waals surface area contributed by atoms with Gasteiger partial charge in [0.05, 0.1) is 25.0 Å². The summed E-state index contributed by atoms with van der Waals surface area (Å²) >= 11 is 1.35. The number of rotatable bonds is 8. The number of ketones is 1. The number of ether oxygens (including phenoxy) is 2. The Hall–Kier alpha value is -2.05. The maximum Gasteiger partial charge on any atom is 0.338 e. The zero-order valence-electron chi connectivity index (χ0n) is 15.0. The Morgan fingerprint density at radius 2 is 1.84 bits per heavy atom. The fraction of sp³-hybridized carbons (Fsp3) is 0.368. The maximum atomic E-state index is 12.6. The van der Waals surface area contributed by atoms with Crippen LogP contribution in [-0.4, -0.2) is 42.9 Å². The Balaban J connectivity index is 2.13. The molecule has 0 unspecified atom stereocenters. The molecule has 0 fully saturated rings. The first-order valence-electron chi connectivity index (χ1n) is 7.98. The molecular weight excluding hydrogens is 338 g/mol. The number of Topliss-reactive ketones (excluding diaryl/α,β-unsaturated/α-hetero) is 1. The normalized spacial score (nSPS) is 10.7. The summed E-state index contributed by atoms with van der Waals surface area (Å²) in [6.07, 6.45) is 0. The van der Waals surface area contributed by atoms with Crippen molar-refractivity contribution >= 4 is 23.5 Å². The summed E-state index contributed by atoms with van der Waals surface area (Å²) in [5, 5.41) is 0. The number of nitrogens with zero attached hydrogens (tertiary/aromatic N) is 1. The minimum Gasteiger partial charge on any atom is -0.465 e. The molecule has 0 atom stereocenters. The van der Waals surface area contributed by atoms with Crippen LogP contribution in [-0.2, 0) is 16.0 Å². The van der Waals surface area contributed by atoms with Gasteiger partial charge >= 0.3 is 5.97 Å². The van der Waals surface area contributed by atoms with Crippen LogP contribution in [0.1, 0.15) is 32.1 Å². The van der Waals surface area contributed by atoms with Gasteiger partial charge < -0.3 is 14.0 Å². The lowest BCUT2D eigenvalue weighted by molar-refractivity contribution is 0.0596. The van der Waals surface area contributed by atoms with Crippen LogP contribution in [0.5, 0.6) is 0 Å². The molecule has 1 aromatic carbocycles. The highest BCUT2D eigenvalue weighted by Crippen LogP contribution is 2.25. The fourth-order valence-corrected chi connectivity index (χ4v) is 3.63. The molecule has 2 rings (SSSR count). The van der Waals surface area contributed by atoms with Gasteiger partial charge in [-0.05, 0) is 32.0 Å². The molecule has 0 N–H and O–H groups in total. The first kappa shape index (κ1) is 19.3. The summed E-state index contributed by atoms with van der Waals surface area (Å²) in [6.45, 7) is 5.26. The summed E-state index contributed by atoms with van der Waals surface area (Å²) in [5.41, 5.74) is 3.18. The summed E-state index contributed by atoms with van der Waals surface area (Å²) in [4.78, 5) is 25.2. The lowest BCUT2D eigenvalue weighted by Gasteiger charge is -2.09. The first-order chi connectivity index (χ1) is 12.0. The number of thioether (sulfide) groups is 1. The molecule has 6 heteroatoms. The lowest BCUT2D eigenvalue weighted by atomic mass is 10.2. The molecule has 0 radical (unpaired) electrons. The maximum absolute atomic E-state index is 12.6. The highest BCUT2D eigenvalue weighted by Gasteiger charge is 2.17. The summed E-state index contributed by atoms with van der Waals surface area (Å²) in [6, 6.07) is 9.07. The van der Waals surface area contributed by atoms with E-state index in [2.05, 4.69) is 4.57 Å². The minimum absolute atomic E-state index is 0.0430. The van der Waals surface area contributed by atoms with Crippen molar-refractivity contribution in [1.82, 2.24) is 4.57 Å². The van der Waals surface area contributed by atoms with Crippen LogP contribution in [0.2, 0.25) is 0 Å². The molecule has 0 aliphatic carbocycles. The molecule has 1 aromatic heterocycles. The number of methoxy groups -OCH3 is 2. The third-order valence-electron chi connectivity index (χ3n) is 4.04. The molecule has 0 saturated heterocycles. The third-order valence-corrected chi connectivity index (χ3v) is 5.12. The van der Waals surface area contributed by atoms with E-state index in [-0.39, 0.29) is 11.5 Å². The average Bonchev–Trinajstić information content (AvgIpc) is 2.91.